The van der Waals surface area contributed by atoms with Crippen LogP contribution < -0.4 is 4.72 Å². The maximum absolute atomic E-state index is 12.6. The van der Waals surface area contributed by atoms with E-state index < -0.39 is 27.7 Å². The fourth-order valence-electron chi connectivity index (χ4n) is 2.15. The Balaban J connectivity index is 2.49. The molecule has 0 aliphatic heterocycles. The number of rotatable bonds is 4. The van der Waals surface area contributed by atoms with Gasteiger partial charge in [0, 0.05) is 0 Å². The Kier molecular flexibility index (Phi) is 5.07. The predicted octanol–water partition coefficient (Wildman–Crippen LogP) is 3.53. The summed E-state index contributed by atoms with van der Waals surface area (Å²) in [7, 11) is -2.52. The van der Waals surface area contributed by atoms with Gasteiger partial charge in [-0.1, -0.05) is 18.2 Å². The molecule has 1 N–H and O–H groups in total. The molecule has 0 amide bonds. The number of nitrogens with one attached hydrogen (secondary N) is 1. The summed E-state index contributed by atoms with van der Waals surface area (Å²) in [5.74, 6) is -0.745. The molecule has 0 aromatic heterocycles. The van der Waals surface area contributed by atoms with E-state index in [2.05, 4.69) is 9.46 Å². The second-order valence-corrected chi connectivity index (χ2v) is 6.95. The number of hydrogen-bond donors (Lipinski definition) is 1. The molecule has 2 aromatic rings. The highest BCUT2D eigenvalue weighted by molar-refractivity contribution is 7.92. The molecule has 0 unspecified atom stereocenters. The molecule has 2 rings (SSSR count). The first-order chi connectivity index (χ1) is 11.5. The number of halogens is 3. The SMILES string of the molecule is COC(=O)c1ccc(-c2ccc(C(F)(F)F)cc2)cc1NS(C)(=O)=O. The number of benzene rings is 2. The van der Waals surface area contributed by atoms with Gasteiger partial charge in [0.1, 0.15) is 0 Å². The van der Waals surface area contributed by atoms with Crippen LogP contribution in [0.3, 0.4) is 0 Å². The van der Waals surface area contributed by atoms with E-state index in [0.717, 1.165) is 25.5 Å². The molecule has 0 aliphatic carbocycles. The van der Waals surface area contributed by atoms with Crippen LogP contribution in [0.1, 0.15) is 15.9 Å². The maximum atomic E-state index is 12.6. The van der Waals surface area contributed by atoms with Gasteiger partial charge in [-0.2, -0.15) is 13.2 Å². The summed E-state index contributed by atoms with van der Waals surface area (Å²) in [5, 5.41) is 0. The van der Waals surface area contributed by atoms with Crippen molar-refractivity contribution in [3.63, 3.8) is 0 Å². The van der Waals surface area contributed by atoms with Crippen molar-refractivity contribution < 1.29 is 31.1 Å². The molecule has 0 spiro atoms. The van der Waals surface area contributed by atoms with E-state index in [1.807, 2.05) is 0 Å². The number of hydrogen-bond acceptors (Lipinski definition) is 4. The number of methoxy groups -OCH3 is 1. The molecule has 134 valence electrons. The fourth-order valence-corrected chi connectivity index (χ4v) is 2.72. The standard InChI is InChI=1S/C16H14F3NO4S/c1-24-15(21)13-8-5-11(9-14(13)20-25(2,22)23)10-3-6-12(7-4-10)16(17,18)19/h3-9,20H,1-2H3. The molecule has 25 heavy (non-hydrogen) atoms. The Labute approximate surface area is 142 Å². The zero-order valence-corrected chi connectivity index (χ0v) is 14.0. The Hall–Kier alpha value is -2.55. The lowest BCUT2D eigenvalue weighted by Crippen LogP contribution is -2.14. The lowest BCUT2D eigenvalue weighted by molar-refractivity contribution is -0.137. The van der Waals surface area contributed by atoms with Crippen molar-refractivity contribution in [2.75, 3.05) is 18.1 Å². The van der Waals surface area contributed by atoms with Crippen molar-refractivity contribution in [1.29, 1.82) is 0 Å². The number of sulfonamides is 1. The quantitative estimate of drug-likeness (QED) is 0.833. The van der Waals surface area contributed by atoms with Gasteiger partial charge in [0.05, 0.1) is 30.2 Å². The molecular formula is C16H14F3NO4S. The number of esters is 1. The molecule has 0 bridgehead atoms. The zero-order chi connectivity index (χ0) is 18.8. The van der Waals surface area contributed by atoms with Crippen LogP contribution in [0.4, 0.5) is 18.9 Å². The first-order valence-electron chi connectivity index (χ1n) is 6.89. The van der Waals surface area contributed by atoms with E-state index in [4.69, 9.17) is 0 Å². The van der Waals surface area contributed by atoms with Gasteiger partial charge in [0.15, 0.2) is 0 Å². The lowest BCUT2D eigenvalue weighted by atomic mass is 10.0. The molecule has 0 atom stereocenters. The minimum atomic E-state index is -4.45. The third-order valence-electron chi connectivity index (χ3n) is 3.27. The van der Waals surface area contributed by atoms with Crippen molar-refractivity contribution in [3.05, 3.63) is 53.6 Å². The van der Waals surface area contributed by atoms with Crippen molar-refractivity contribution in [2.45, 2.75) is 6.18 Å². The topological polar surface area (TPSA) is 72.5 Å². The second-order valence-electron chi connectivity index (χ2n) is 5.20. The first-order valence-corrected chi connectivity index (χ1v) is 8.78. The van der Waals surface area contributed by atoms with Crippen molar-refractivity contribution in [1.82, 2.24) is 0 Å². The van der Waals surface area contributed by atoms with Crippen LogP contribution in [0.25, 0.3) is 11.1 Å². The highest BCUT2D eigenvalue weighted by Crippen LogP contribution is 2.32. The van der Waals surface area contributed by atoms with Crippen LogP contribution in [0.2, 0.25) is 0 Å². The van der Waals surface area contributed by atoms with Gasteiger partial charge >= 0.3 is 12.1 Å². The zero-order valence-electron chi connectivity index (χ0n) is 13.2. The van der Waals surface area contributed by atoms with Crippen molar-refractivity contribution in [3.8, 4) is 11.1 Å². The monoisotopic (exact) mass is 373 g/mol. The number of alkyl halides is 3. The van der Waals surface area contributed by atoms with Gasteiger partial charge in [-0.15, -0.1) is 0 Å². The normalized spacial score (nSPS) is 11.9. The highest BCUT2D eigenvalue weighted by Gasteiger charge is 2.30. The summed E-state index contributed by atoms with van der Waals surface area (Å²) in [5.41, 5.74) is 0.0424. The maximum Gasteiger partial charge on any atom is 0.416 e. The van der Waals surface area contributed by atoms with Crippen LogP contribution in [0.5, 0.6) is 0 Å². The van der Waals surface area contributed by atoms with E-state index in [1.165, 1.54) is 30.3 Å². The Morgan fingerprint density at radius 3 is 2.08 bits per heavy atom. The number of carbonyl (C=O) groups excluding carboxylic acids is 1. The van der Waals surface area contributed by atoms with E-state index in [9.17, 15) is 26.4 Å². The third kappa shape index (κ3) is 4.72. The average Bonchev–Trinajstić information content (AvgIpc) is 2.52. The molecule has 0 aliphatic rings. The number of carbonyl (C=O) groups is 1. The second kappa shape index (κ2) is 6.75. The highest BCUT2D eigenvalue weighted by atomic mass is 32.2. The molecule has 5 nitrogen and oxygen atoms in total. The molecule has 2 aromatic carbocycles. The molecule has 9 heteroatoms. The fraction of sp³-hybridized carbons (Fsp3) is 0.188. The van der Waals surface area contributed by atoms with Crippen LogP contribution >= 0.6 is 0 Å². The van der Waals surface area contributed by atoms with Crippen LogP contribution in [0.15, 0.2) is 42.5 Å². The Morgan fingerprint density at radius 1 is 1.04 bits per heavy atom. The average molecular weight is 373 g/mol. The first kappa shape index (κ1) is 18.8. The van der Waals surface area contributed by atoms with Gasteiger partial charge in [0.2, 0.25) is 10.0 Å². The van der Waals surface area contributed by atoms with E-state index in [1.54, 1.807) is 0 Å². The van der Waals surface area contributed by atoms with E-state index in [0.29, 0.717) is 11.1 Å². The molecule has 0 fully saturated rings. The summed E-state index contributed by atoms with van der Waals surface area (Å²) < 4.78 is 67.6. The van der Waals surface area contributed by atoms with E-state index >= 15 is 0 Å². The predicted molar refractivity (Wildman–Crippen MR) is 86.7 cm³/mol. The van der Waals surface area contributed by atoms with Crippen molar-refractivity contribution in [2.24, 2.45) is 0 Å². The number of anilines is 1. The Bertz CT molecular complexity index is 891. The summed E-state index contributed by atoms with van der Waals surface area (Å²) in [6, 6.07) is 8.56. The largest absolute Gasteiger partial charge is 0.465 e. The molecule has 0 saturated heterocycles. The van der Waals surface area contributed by atoms with Crippen molar-refractivity contribution >= 4 is 21.7 Å². The minimum absolute atomic E-state index is 0.0106. The van der Waals surface area contributed by atoms with Crippen LogP contribution in [-0.2, 0) is 20.9 Å². The van der Waals surface area contributed by atoms with Gasteiger partial charge in [-0.25, -0.2) is 13.2 Å². The van der Waals surface area contributed by atoms with Gasteiger partial charge in [0.25, 0.3) is 0 Å². The van der Waals surface area contributed by atoms with Crippen LogP contribution in [-0.4, -0.2) is 27.8 Å². The summed E-state index contributed by atoms with van der Waals surface area (Å²) in [6.45, 7) is 0. The van der Waals surface area contributed by atoms with E-state index in [-0.39, 0.29) is 11.3 Å². The Morgan fingerprint density at radius 2 is 1.60 bits per heavy atom. The van der Waals surface area contributed by atoms with Gasteiger partial charge < -0.3 is 4.74 Å². The van der Waals surface area contributed by atoms with Crippen LogP contribution in [0, 0.1) is 0 Å². The minimum Gasteiger partial charge on any atom is -0.465 e. The summed E-state index contributed by atoms with van der Waals surface area (Å²) >= 11 is 0. The lowest BCUT2D eigenvalue weighted by Gasteiger charge is -2.12. The molecular weight excluding hydrogens is 359 g/mol. The van der Waals surface area contributed by atoms with Gasteiger partial charge in [-0.05, 0) is 35.4 Å². The smallest absolute Gasteiger partial charge is 0.416 e. The van der Waals surface area contributed by atoms with Gasteiger partial charge in [-0.3, -0.25) is 4.72 Å². The number of ether oxygens (including phenoxy) is 1. The third-order valence-corrected chi connectivity index (χ3v) is 3.86. The molecule has 0 heterocycles. The summed E-state index contributed by atoms with van der Waals surface area (Å²) in [4.78, 5) is 11.7. The molecule has 0 saturated carbocycles. The molecule has 0 radical (unpaired) electrons. The summed E-state index contributed by atoms with van der Waals surface area (Å²) in [6.07, 6.45) is -3.53.